The summed E-state index contributed by atoms with van der Waals surface area (Å²) in [5.41, 5.74) is 14.3. The van der Waals surface area contributed by atoms with Gasteiger partial charge in [-0.2, -0.15) is 0 Å². The van der Waals surface area contributed by atoms with Gasteiger partial charge in [-0.15, -0.1) is 0 Å². The second kappa shape index (κ2) is 25.8. The minimum atomic E-state index is 0. The highest BCUT2D eigenvalue weighted by Crippen LogP contribution is 2.57. The Balaban J connectivity index is 0.00000147. The minimum absolute atomic E-state index is 0. The average molecular weight is 1240 g/mol. The van der Waals surface area contributed by atoms with Gasteiger partial charge in [0.1, 0.15) is 52.4 Å². The third-order valence-electron chi connectivity index (χ3n) is 26.2. The largest absolute Gasteiger partial charge is 1.00 e. The lowest BCUT2D eigenvalue weighted by molar-refractivity contribution is -0.978. The maximum absolute atomic E-state index is 2.88. The van der Waals surface area contributed by atoms with Crippen LogP contribution in [0.1, 0.15) is 211 Å². The van der Waals surface area contributed by atoms with E-state index in [1.54, 1.807) is 22.3 Å². The summed E-state index contributed by atoms with van der Waals surface area (Å²) in [6.07, 6.45) is 38.9. The van der Waals surface area contributed by atoms with Gasteiger partial charge >= 0.3 is 0 Å². The molecule has 0 spiro atoms. The average Bonchev–Trinajstić information content (AvgIpc) is 3.96. The van der Waals surface area contributed by atoms with Crippen molar-refractivity contribution in [3.05, 3.63) is 142 Å². The van der Waals surface area contributed by atoms with E-state index in [1.807, 2.05) is 0 Å². The van der Waals surface area contributed by atoms with Crippen LogP contribution in [0.5, 0.6) is 0 Å². The fourth-order valence-electron chi connectivity index (χ4n) is 24.4. The fraction of sp³-hybridized carbons (Fsp3) is 0.676. The second-order valence-electron chi connectivity index (χ2n) is 32.7. The molecule has 0 saturated heterocycles. The Kier molecular flexibility index (Phi) is 19.6. The highest BCUT2D eigenvalue weighted by Gasteiger charge is 2.56. The molecule has 0 aromatic heterocycles. The lowest BCUT2D eigenvalue weighted by atomic mass is 9.53. The van der Waals surface area contributed by atoms with Gasteiger partial charge in [-0.25, -0.2) is 0 Å². The molecule has 4 aromatic carbocycles. The second-order valence-corrected chi connectivity index (χ2v) is 32.7. The predicted molar refractivity (Wildman–Crippen MR) is 316 cm³/mol. The van der Waals surface area contributed by atoms with E-state index >= 15 is 0 Å². The molecule has 20 rings (SSSR count). The topological polar surface area (TPSA) is 66.4 Å². The zero-order chi connectivity index (χ0) is 52.2. The van der Waals surface area contributed by atoms with E-state index in [0.717, 1.165) is 128 Å². The van der Waals surface area contributed by atoms with Crippen LogP contribution >= 0.6 is 0 Å². The number of nitrogens with zero attached hydrogens (tertiary/aromatic N) is 1. The van der Waals surface area contributed by atoms with Crippen molar-refractivity contribution < 1.29 is 87.8 Å². The van der Waals surface area contributed by atoms with Gasteiger partial charge in [0.05, 0.1) is 22.2 Å². The van der Waals surface area contributed by atoms with Crippen LogP contribution in [-0.4, -0.2) is 26.6 Å². The molecule has 16 bridgehead atoms. The van der Waals surface area contributed by atoms with Crippen LogP contribution in [0.4, 0.5) is 0 Å². The van der Waals surface area contributed by atoms with Crippen molar-refractivity contribution in [1.29, 1.82) is 0 Å². The molecule has 5 nitrogen and oxygen atoms in total. The number of rotatable bonds is 20. The van der Waals surface area contributed by atoms with Crippen molar-refractivity contribution in [2.75, 3.05) is 0 Å². The van der Waals surface area contributed by atoms with E-state index in [4.69, 9.17) is 0 Å². The van der Waals surface area contributed by atoms with Crippen molar-refractivity contribution in [3.63, 3.8) is 0 Å². The highest BCUT2D eigenvalue weighted by molar-refractivity contribution is 5.28. The Bertz CT molecular complexity index is 2580. The summed E-state index contributed by atoms with van der Waals surface area (Å²) in [5, 5.41) is 11.5. The monoisotopic (exact) mass is 1240 g/mol. The SMILES string of the molecule is [Cl-].[Cl-].[Cl-].[Cl-].[Cl-].c1cc(C[NH2+]C23CC4CC(CC(C4)C2)C3)cc(C[N+](Cc2cccc(C[NH2+]C34CC5CC(CC(C5)C3)C4)c2)(Cc2cccc(C[NH2+]C34CCC5C[C@H](C[C@@H](C5)C3)C4)c2)Cc2cccc(C[NH2+]C34CCC5C[C@H](C[C@@H](C5)C3)C4)c2)c1. The number of fused-ring (bicyclic) bond motifs is 2. The molecule has 4 aromatic rings. The first-order valence-corrected chi connectivity index (χ1v) is 34.1. The molecule has 0 radical (unpaired) electrons. The Morgan fingerprint density at radius 3 is 0.726 bits per heavy atom. The maximum Gasteiger partial charge on any atom is 0.105 e. The van der Waals surface area contributed by atoms with Crippen molar-refractivity contribution in [3.8, 4) is 0 Å². The Hall–Kier alpha value is -1.87. The fourth-order valence-corrected chi connectivity index (χ4v) is 24.4. The lowest BCUT2D eigenvalue weighted by Crippen LogP contribution is -3.00. The van der Waals surface area contributed by atoms with E-state index in [-0.39, 0.29) is 62.0 Å². The number of hydrogen-bond donors (Lipinski definition) is 4. The Labute approximate surface area is 538 Å². The molecule has 8 N–H and O–H groups in total. The van der Waals surface area contributed by atoms with Crippen molar-refractivity contribution in [2.45, 2.75) is 241 Å². The molecule has 16 aliphatic carbocycles. The van der Waals surface area contributed by atoms with Crippen molar-refractivity contribution in [2.24, 2.45) is 71.0 Å². The lowest BCUT2D eigenvalue weighted by Gasteiger charge is -2.54. The summed E-state index contributed by atoms with van der Waals surface area (Å²) in [7, 11) is 0. The van der Waals surface area contributed by atoms with Gasteiger partial charge in [-0.3, -0.25) is 0 Å². The van der Waals surface area contributed by atoms with Crippen molar-refractivity contribution >= 4 is 0 Å². The van der Waals surface area contributed by atoms with Crippen LogP contribution in [0.2, 0.25) is 0 Å². The zero-order valence-electron chi connectivity index (χ0n) is 50.9. The number of hydrogen-bond acceptors (Lipinski definition) is 0. The first kappa shape index (κ1) is 63.7. The number of benzene rings is 4. The van der Waals surface area contributed by atoms with Gasteiger partial charge < -0.3 is 87.8 Å². The number of halogens is 5. The molecular weight excluding hydrogens is 1140 g/mol. The van der Waals surface area contributed by atoms with E-state index in [1.165, 1.54) is 189 Å². The molecule has 84 heavy (non-hydrogen) atoms. The molecule has 0 aliphatic heterocycles. The molecule has 4 atom stereocenters. The van der Waals surface area contributed by atoms with Gasteiger partial charge in [0.15, 0.2) is 0 Å². The zero-order valence-corrected chi connectivity index (χ0v) is 54.6. The highest BCUT2D eigenvalue weighted by atomic mass is 35.5. The van der Waals surface area contributed by atoms with Crippen LogP contribution in [0.25, 0.3) is 0 Å². The summed E-state index contributed by atoms with van der Waals surface area (Å²) >= 11 is 0. The molecule has 10 heteroatoms. The number of quaternary nitrogens is 5. The normalized spacial score (nSPS) is 38.1. The summed E-state index contributed by atoms with van der Waals surface area (Å²) in [4.78, 5) is 0. The number of nitrogens with two attached hydrogens (primary N) is 4. The third-order valence-corrected chi connectivity index (χ3v) is 26.2. The van der Waals surface area contributed by atoms with Gasteiger partial charge in [0, 0.05) is 122 Å². The molecule has 0 unspecified atom stereocenters. The third kappa shape index (κ3) is 13.6. The van der Waals surface area contributed by atoms with E-state index in [2.05, 4.69) is 118 Å². The molecule has 460 valence electrons. The Morgan fingerprint density at radius 2 is 0.476 bits per heavy atom. The maximum atomic E-state index is 2.88. The first-order chi connectivity index (χ1) is 38.6. The molecule has 0 heterocycles. The molecule has 16 aliphatic rings. The van der Waals surface area contributed by atoms with Crippen LogP contribution in [0.15, 0.2) is 97.1 Å². The molecule has 0 amide bonds. The first-order valence-electron chi connectivity index (χ1n) is 34.1. The van der Waals surface area contributed by atoms with Crippen LogP contribution in [0.3, 0.4) is 0 Å². The minimum Gasteiger partial charge on any atom is -1.00 e. The van der Waals surface area contributed by atoms with Gasteiger partial charge in [0.2, 0.25) is 0 Å². The van der Waals surface area contributed by atoms with Gasteiger partial charge in [-0.05, 0) is 185 Å². The van der Waals surface area contributed by atoms with Crippen LogP contribution < -0.4 is 83.3 Å². The van der Waals surface area contributed by atoms with Crippen molar-refractivity contribution in [1.82, 2.24) is 0 Å². The van der Waals surface area contributed by atoms with E-state index in [0.29, 0.717) is 22.2 Å². The smallest absolute Gasteiger partial charge is 0.105 e. The van der Waals surface area contributed by atoms with Crippen LogP contribution in [0, 0.1) is 71.0 Å². The summed E-state index contributed by atoms with van der Waals surface area (Å²) in [6, 6.07) is 40.6. The summed E-state index contributed by atoms with van der Waals surface area (Å²) in [5.74, 6) is 12.0. The van der Waals surface area contributed by atoms with Crippen LogP contribution in [-0.2, 0) is 52.4 Å². The summed E-state index contributed by atoms with van der Waals surface area (Å²) < 4.78 is 1.01. The molecule has 16 fully saturated rings. The van der Waals surface area contributed by atoms with Gasteiger partial charge in [-0.1, -0.05) is 72.8 Å². The van der Waals surface area contributed by atoms with E-state index < -0.39 is 0 Å². The standard InChI is InChI=1S/C74H100N5.5ClH/c1-5-53(43-75-71-15-13-51-17-61(33-71)25-62(18-51)34-71)21-57(9-1)47-79(49-59-11-3-7-55(23-59)45-77-73-37-65-27-66(38-73)29-67(28-65)39-73,50-60-12-4-8-56(24-60)46-78-74-40-68-30-69(41-74)32-70(31-68)42-74)48-58-10-2-6-54(22-58)44-76-72-16-14-52-19-63(35-72)26-64(20-52)36-72;;;;;/h1-12,21-24,51-52,61-70,75-78H,13-20,25-50H2;5*1H/q+1;;;;;/p-1/t51?,52?,61-,62-,63-,64-,65?,66?,67?,68?,69?,70?,71?,72?,73?,74?,79?;;;;;/m1...../s1. The molecular formula is C74H104Cl5N5. The predicted octanol–water partition coefficient (Wildman–Crippen LogP) is -3.47. The quantitative estimate of drug-likeness (QED) is 0.0667. The molecule has 16 saturated carbocycles. The summed E-state index contributed by atoms with van der Waals surface area (Å²) in [6.45, 7) is 8.70. The van der Waals surface area contributed by atoms with E-state index in [9.17, 15) is 0 Å². The Morgan fingerprint density at radius 1 is 0.274 bits per heavy atom. The van der Waals surface area contributed by atoms with Gasteiger partial charge in [0.25, 0.3) is 0 Å².